The Bertz CT molecular complexity index is 279. The molecule has 17 heavy (non-hydrogen) atoms. The van der Waals surface area contributed by atoms with Crippen LogP contribution in [0.15, 0.2) is 4.99 Å². The standard InChI is InChI=1S/C7H6F7NO.FH/c8-5(6(9,10)11,7(12,13)14)4-3-16-2-1-15-4;/h1-3H2;1H. The quantitative estimate of drug-likeness (QED) is 0.672. The number of alkyl halides is 7. The van der Waals surface area contributed by atoms with Crippen LogP contribution in [0, 0.1) is 0 Å². The second-order valence-electron chi connectivity index (χ2n) is 3.03. The van der Waals surface area contributed by atoms with E-state index in [0.717, 1.165) is 0 Å². The molecule has 0 aromatic carbocycles. The largest absolute Gasteiger partial charge is 0.437 e. The Morgan fingerprint density at radius 3 is 1.71 bits per heavy atom. The lowest BCUT2D eigenvalue weighted by molar-refractivity contribution is -0.314. The number of hydrogen-bond acceptors (Lipinski definition) is 2. The summed E-state index contributed by atoms with van der Waals surface area (Å²) < 4.78 is 90.5. The highest BCUT2D eigenvalue weighted by Crippen LogP contribution is 2.47. The van der Waals surface area contributed by atoms with Crippen molar-refractivity contribution in [2.45, 2.75) is 18.0 Å². The van der Waals surface area contributed by atoms with Crippen molar-refractivity contribution in [3.05, 3.63) is 0 Å². The predicted octanol–water partition coefficient (Wildman–Crippen LogP) is 2.44. The monoisotopic (exact) mass is 273 g/mol. The maximum atomic E-state index is 13.2. The van der Waals surface area contributed by atoms with Crippen LogP contribution in [0.1, 0.15) is 0 Å². The summed E-state index contributed by atoms with van der Waals surface area (Å²) in [4.78, 5) is 2.91. The van der Waals surface area contributed by atoms with Crippen LogP contribution in [0.4, 0.5) is 35.4 Å². The molecule has 0 N–H and O–H groups in total. The lowest BCUT2D eigenvalue weighted by atomic mass is 9.98. The molecule has 0 atom stereocenters. The molecule has 0 spiro atoms. The SMILES string of the molecule is F.FC(F)(F)C(F)(C1=NCCOC1)C(F)(F)F. The van der Waals surface area contributed by atoms with E-state index in [1.165, 1.54) is 0 Å². The molecule has 1 heterocycles. The van der Waals surface area contributed by atoms with Crippen LogP contribution in [0.3, 0.4) is 0 Å². The number of rotatable bonds is 1. The summed E-state index contributed by atoms with van der Waals surface area (Å²) in [6.45, 7) is -1.67. The van der Waals surface area contributed by atoms with Crippen LogP contribution in [0.5, 0.6) is 0 Å². The first-order chi connectivity index (χ1) is 7.11. The van der Waals surface area contributed by atoms with Crippen molar-refractivity contribution in [3.63, 3.8) is 0 Å². The zero-order valence-corrected chi connectivity index (χ0v) is 8.03. The van der Waals surface area contributed by atoms with Gasteiger partial charge >= 0.3 is 18.0 Å². The van der Waals surface area contributed by atoms with Gasteiger partial charge in [-0.2, -0.15) is 26.3 Å². The van der Waals surface area contributed by atoms with Crippen LogP contribution in [0.2, 0.25) is 0 Å². The van der Waals surface area contributed by atoms with Crippen LogP contribution in [0.25, 0.3) is 0 Å². The number of ether oxygens (including phenoxy) is 1. The van der Waals surface area contributed by atoms with Crippen LogP contribution in [-0.4, -0.2) is 43.5 Å². The Morgan fingerprint density at radius 1 is 0.941 bits per heavy atom. The van der Waals surface area contributed by atoms with Gasteiger partial charge in [0.05, 0.1) is 25.5 Å². The predicted molar refractivity (Wildman–Crippen MR) is 41.6 cm³/mol. The van der Waals surface area contributed by atoms with Crippen molar-refractivity contribution in [2.24, 2.45) is 4.99 Å². The van der Waals surface area contributed by atoms with E-state index in [1.807, 2.05) is 0 Å². The molecule has 0 aliphatic carbocycles. The molecular weight excluding hydrogens is 266 g/mol. The maximum absolute atomic E-state index is 13.2. The summed E-state index contributed by atoms with van der Waals surface area (Å²) in [5.41, 5.74) is -7.11. The zero-order chi connectivity index (χ0) is 12.6. The second kappa shape index (κ2) is 4.75. The van der Waals surface area contributed by atoms with Gasteiger partial charge in [0.1, 0.15) is 0 Å². The van der Waals surface area contributed by atoms with Gasteiger partial charge in [0.2, 0.25) is 0 Å². The molecule has 0 amide bonds. The molecular formula is C7H7F8NO. The number of halogens is 8. The summed E-state index contributed by atoms with van der Waals surface area (Å²) in [5.74, 6) is 0. The molecule has 0 aromatic heterocycles. The Kier molecular flexibility index (Phi) is 4.49. The van der Waals surface area contributed by atoms with Gasteiger partial charge < -0.3 is 4.74 Å². The number of aliphatic imine (C=N–C) groups is 1. The molecule has 0 unspecified atom stereocenters. The van der Waals surface area contributed by atoms with E-state index in [-0.39, 0.29) is 11.3 Å². The smallest absolute Gasteiger partial charge is 0.373 e. The van der Waals surface area contributed by atoms with Gasteiger partial charge in [-0.15, -0.1) is 0 Å². The lowest BCUT2D eigenvalue weighted by Crippen LogP contribution is -2.60. The van der Waals surface area contributed by atoms with Gasteiger partial charge in [0, 0.05) is 0 Å². The summed E-state index contributed by atoms with van der Waals surface area (Å²) in [5, 5.41) is 0. The Balaban J connectivity index is 0.00000256. The van der Waals surface area contributed by atoms with E-state index < -0.39 is 36.9 Å². The van der Waals surface area contributed by atoms with E-state index in [9.17, 15) is 30.7 Å². The highest BCUT2D eigenvalue weighted by Gasteiger charge is 2.75. The molecule has 1 aliphatic rings. The first kappa shape index (κ1) is 16.1. The van der Waals surface area contributed by atoms with Gasteiger partial charge in [-0.3, -0.25) is 9.70 Å². The fraction of sp³-hybridized carbons (Fsp3) is 0.857. The lowest BCUT2D eigenvalue weighted by Gasteiger charge is -2.32. The van der Waals surface area contributed by atoms with Gasteiger partial charge in [-0.05, 0) is 0 Å². The van der Waals surface area contributed by atoms with Gasteiger partial charge in [0.25, 0.3) is 0 Å². The van der Waals surface area contributed by atoms with Crippen molar-refractivity contribution in [1.29, 1.82) is 0 Å². The summed E-state index contributed by atoms with van der Waals surface area (Å²) >= 11 is 0. The fourth-order valence-electron chi connectivity index (χ4n) is 1.16. The van der Waals surface area contributed by atoms with Gasteiger partial charge in [0.15, 0.2) is 0 Å². The summed E-state index contributed by atoms with van der Waals surface area (Å²) in [7, 11) is 0. The summed E-state index contributed by atoms with van der Waals surface area (Å²) in [6.07, 6.45) is -12.2. The van der Waals surface area contributed by atoms with E-state index in [2.05, 4.69) is 9.73 Å². The minimum atomic E-state index is -6.11. The fourth-order valence-corrected chi connectivity index (χ4v) is 1.16. The van der Waals surface area contributed by atoms with Crippen molar-refractivity contribution in [3.8, 4) is 0 Å². The maximum Gasteiger partial charge on any atom is 0.437 e. The molecule has 10 heteroatoms. The summed E-state index contributed by atoms with van der Waals surface area (Å²) in [6, 6.07) is 0. The molecule has 102 valence electrons. The third-order valence-corrected chi connectivity index (χ3v) is 1.96. The molecule has 1 rings (SSSR count). The topological polar surface area (TPSA) is 21.6 Å². The van der Waals surface area contributed by atoms with Crippen molar-refractivity contribution >= 4 is 5.71 Å². The van der Waals surface area contributed by atoms with Crippen LogP contribution >= 0.6 is 0 Å². The van der Waals surface area contributed by atoms with Gasteiger partial charge in [-0.1, -0.05) is 0 Å². The molecule has 0 aromatic rings. The minimum Gasteiger partial charge on any atom is -0.373 e. The average molecular weight is 273 g/mol. The molecule has 0 fully saturated rings. The van der Waals surface area contributed by atoms with Crippen LogP contribution in [-0.2, 0) is 4.74 Å². The Morgan fingerprint density at radius 2 is 1.41 bits per heavy atom. The molecule has 0 saturated carbocycles. The van der Waals surface area contributed by atoms with E-state index in [0.29, 0.717) is 0 Å². The van der Waals surface area contributed by atoms with E-state index in [1.54, 1.807) is 0 Å². The second-order valence-corrected chi connectivity index (χ2v) is 3.03. The minimum absolute atomic E-state index is 0. The Hall–Kier alpha value is -0.930. The normalized spacial score (nSPS) is 18.4. The molecule has 0 radical (unpaired) electrons. The molecule has 0 bridgehead atoms. The number of nitrogens with zero attached hydrogens (tertiary/aromatic N) is 1. The third kappa shape index (κ3) is 2.67. The van der Waals surface area contributed by atoms with Crippen LogP contribution < -0.4 is 0 Å². The number of hydrogen-bond donors (Lipinski definition) is 0. The van der Waals surface area contributed by atoms with Crippen molar-refractivity contribution in [2.75, 3.05) is 19.8 Å². The first-order valence-electron chi connectivity index (χ1n) is 4.04. The molecule has 1 aliphatic heterocycles. The highest BCUT2D eigenvalue weighted by molar-refractivity contribution is 5.95. The van der Waals surface area contributed by atoms with Crippen molar-refractivity contribution < 1.29 is 40.2 Å². The first-order valence-corrected chi connectivity index (χ1v) is 4.04. The zero-order valence-electron chi connectivity index (χ0n) is 8.03. The van der Waals surface area contributed by atoms with E-state index >= 15 is 0 Å². The van der Waals surface area contributed by atoms with Gasteiger partial charge in [-0.25, -0.2) is 4.39 Å². The third-order valence-electron chi connectivity index (χ3n) is 1.96. The Labute approximate surface area is 89.8 Å². The highest BCUT2D eigenvalue weighted by atomic mass is 19.4. The average Bonchev–Trinajstić information content (AvgIpc) is 2.14. The van der Waals surface area contributed by atoms with E-state index in [4.69, 9.17) is 0 Å². The van der Waals surface area contributed by atoms with Crippen molar-refractivity contribution in [1.82, 2.24) is 0 Å². The molecule has 0 saturated heterocycles. The molecule has 2 nitrogen and oxygen atoms in total.